The quantitative estimate of drug-likeness (QED) is 0.328. The molecule has 3 heterocycles. The minimum Gasteiger partial charge on any atom is -0.375 e. The van der Waals surface area contributed by atoms with Gasteiger partial charge in [0.1, 0.15) is 17.5 Å². The fourth-order valence-corrected chi connectivity index (χ4v) is 4.15. The van der Waals surface area contributed by atoms with Gasteiger partial charge in [-0.05, 0) is 50.5 Å². The Hall–Kier alpha value is -3.50. The predicted molar refractivity (Wildman–Crippen MR) is 136 cm³/mol. The van der Waals surface area contributed by atoms with Crippen LogP contribution in [0.2, 0.25) is 0 Å². The molecule has 2 aromatic heterocycles. The number of ether oxygens (including phenoxy) is 1. The molecule has 0 amide bonds. The Morgan fingerprint density at radius 3 is 2.57 bits per heavy atom. The van der Waals surface area contributed by atoms with Gasteiger partial charge in [0.2, 0.25) is 0 Å². The molecule has 0 bridgehead atoms. The summed E-state index contributed by atoms with van der Waals surface area (Å²) >= 11 is 0. The molecule has 1 aliphatic rings. The highest BCUT2D eigenvalue weighted by molar-refractivity contribution is 5.94. The van der Waals surface area contributed by atoms with Crippen molar-refractivity contribution in [3.63, 3.8) is 0 Å². The molecule has 0 unspecified atom stereocenters. The molecule has 0 spiro atoms. The monoisotopic (exact) mass is 471 g/mol. The first kappa shape index (κ1) is 23.3. The Labute approximate surface area is 205 Å². The molecule has 0 saturated heterocycles. The summed E-state index contributed by atoms with van der Waals surface area (Å²) in [4.78, 5) is 6.81. The molecule has 7 heteroatoms. The van der Waals surface area contributed by atoms with Crippen molar-refractivity contribution in [3.8, 4) is 11.8 Å². The van der Waals surface area contributed by atoms with E-state index in [1.807, 2.05) is 36.1 Å². The van der Waals surface area contributed by atoms with Crippen LogP contribution in [-0.2, 0) is 11.3 Å². The second-order valence-corrected chi connectivity index (χ2v) is 10.6. The number of nitrogens with zero attached hydrogens (tertiary/aromatic N) is 5. The third-order valence-electron chi connectivity index (χ3n) is 7.26. The Morgan fingerprint density at radius 2 is 1.80 bits per heavy atom. The first-order valence-corrected chi connectivity index (χ1v) is 11.9. The van der Waals surface area contributed by atoms with Crippen LogP contribution in [0.1, 0.15) is 51.6 Å². The van der Waals surface area contributed by atoms with E-state index >= 15 is 4.39 Å². The van der Waals surface area contributed by atoms with Crippen LogP contribution < -0.4 is 4.90 Å². The van der Waals surface area contributed by atoms with Gasteiger partial charge in [0.15, 0.2) is 0 Å². The van der Waals surface area contributed by atoms with Crippen molar-refractivity contribution in [3.05, 3.63) is 59.2 Å². The largest absolute Gasteiger partial charge is 0.375 e. The second-order valence-electron chi connectivity index (χ2n) is 10.6. The lowest BCUT2D eigenvalue weighted by atomic mass is 9.70. The van der Waals surface area contributed by atoms with Crippen molar-refractivity contribution >= 4 is 28.2 Å². The maximum atomic E-state index is 15.3. The van der Waals surface area contributed by atoms with Crippen molar-refractivity contribution in [1.82, 2.24) is 19.6 Å². The predicted octanol–water partition coefficient (Wildman–Crippen LogP) is 5.82. The fourth-order valence-electron chi connectivity index (χ4n) is 4.15. The van der Waals surface area contributed by atoms with Crippen LogP contribution >= 0.6 is 0 Å². The van der Waals surface area contributed by atoms with Crippen molar-refractivity contribution in [2.24, 2.45) is 10.8 Å². The highest BCUT2D eigenvalue weighted by atomic mass is 19.1. The average molecular weight is 472 g/mol. The molecule has 0 N–H and O–H groups in total. The Morgan fingerprint density at radius 1 is 1.03 bits per heavy atom. The standard InChI is InChI=1S/C28H30FN5O/c1-18-31-32-26-30-25(24-21(29)10-8-12-23(24)34(18)26)33-15-16-35-17-20-19(9-7-11-22(20)33)13-14-28(5,6)27(2,3)4/h7-12H,15-17H2,1-6H3. The summed E-state index contributed by atoms with van der Waals surface area (Å²) in [5, 5.41) is 8.83. The third-order valence-corrected chi connectivity index (χ3v) is 7.26. The molecule has 4 aromatic rings. The zero-order chi connectivity index (χ0) is 25.0. The van der Waals surface area contributed by atoms with Crippen LogP contribution in [0.25, 0.3) is 16.7 Å². The van der Waals surface area contributed by atoms with E-state index in [1.165, 1.54) is 6.07 Å². The minimum absolute atomic E-state index is 0.0282. The highest BCUT2D eigenvalue weighted by Crippen LogP contribution is 2.39. The summed E-state index contributed by atoms with van der Waals surface area (Å²) < 4.78 is 23.1. The lowest BCUT2D eigenvalue weighted by molar-refractivity contribution is 0.133. The number of anilines is 2. The molecular weight excluding hydrogens is 441 g/mol. The van der Waals surface area contributed by atoms with E-state index in [2.05, 4.69) is 56.7 Å². The number of benzene rings is 2. The minimum atomic E-state index is -0.338. The summed E-state index contributed by atoms with van der Waals surface area (Å²) in [6.45, 7) is 14.2. The first-order chi connectivity index (χ1) is 16.6. The van der Waals surface area contributed by atoms with Gasteiger partial charge in [-0.3, -0.25) is 4.40 Å². The molecule has 0 radical (unpaired) electrons. The molecular formula is C28H30FN5O. The average Bonchev–Trinajstić information content (AvgIpc) is 3.04. The first-order valence-electron chi connectivity index (χ1n) is 11.9. The Kier molecular flexibility index (Phi) is 5.52. The molecule has 0 atom stereocenters. The molecule has 6 nitrogen and oxygen atoms in total. The number of hydrogen-bond donors (Lipinski definition) is 0. The normalized spacial score (nSPS) is 14.5. The van der Waals surface area contributed by atoms with E-state index in [9.17, 15) is 0 Å². The van der Waals surface area contributed by atoms with Crippen molar-refractivity contribution in [1.29, 1.82) is 0 Å². The van der Waals surface area contributed by atoms with E-state index in [0.717, 1.165) is 16.8 Å². The molecule has 1 aliphatic heterocycles. The summed E-state index contributed by atoms with van der Waals surface area (Å²) in [7, 11) is 0. The van der Waals surface area contributed by atoms with Crippen LogP contribution in [-0.4, -0.2) is 32.7 Å². The highest BCUT2D eigenvalue weighted by Gasteiger charge is 2.31. The summed E-state index contributed by atoms with van der Waals surface area (Å²) in [5.41, 5.74) is 3.34. The number of hydrogen-bond acceptors (Lipinski definition) is 5. The van der Waals surface area contributed by atoms with Gasteiger partial charge in [0.05, 0.1) is 24.1 Å². The topological polar surface area (TPSA) is 55.5 Å². The molecule has 35 heavy (non-hydrogen) atoms. The number of aryl methyl sites for hydroxylation is 1. The zero-order valence-electron chi connectivity index (χ0n) is 21.1. The summed E-state index contributed by atoms with van der Waals surface area (Å²) in [5.74, 6) is 8.17. The second kappa shape index (κ2) is 8.31. The Balaban J connectivity index is 1.72. The van der Waals surface area contributed by atoms with Gasteiger partial charge in [0.25, 0.3) is 5.78 Å². The summed E-state index contributed by atoms with van der Waals surface area (Å²) in [6.07, 6.45) is 0. The van der Waals surface area contributed by atoms with Gasteiger partial charge in [0, 0.05) is 28.8 Å². The molecule has 0 aliphatic carbocycles. The molecule has 2 aromatic carbocycles. The van der Waals surface area contributed by atoms with Crippen LogP contribution in [0.5, 0.6) is 0 Å². The van der Waals surface area contributed by atoms with Crippen molar-refractivity contribution < 1.29 is 9.13 Å². The van der Waals surface area contributed by atoms with Gasteiger partial charge < -0.3 is 9.64 Å². The van der Waals surface area contributed by atoms with Crippen LogP contribution in [0.15, 0.2) is 36.4 Å². The van der Waals surface area contributed by atoms with E-state index in [-0.39, 0.29) is 16.6 Å². The number of aromatic nitrogens is 4. The van der Waals surface area contributed by atoms with Crippen molar-refractivity contribution in [2.75, 3.05) is 18.1 Å². The molecule has 5 rings (SSSR count). The van der Waals surface area contributed by atoms with Crippen LogP contribution in [0.4, 0.5) is 15.9 Å². The number of rotatable bonds is 1. The third kappa shape index (κ3) is 3.92. The van der Waals surface area contributed by atoms with Gasteiger partial charge in [-0.2, -0.15) is 4.98 Å². The number of fused-ring (bicyclic) bond motifs is 4. The molecule has 180 valence electrons. The summed E-state index contributed by atoms with van der Waals surface area (Å²) in [6, 6.07) is 11.1. The smallest absolute Gasteiger partial charge is 0.257 e. The van der Waals surface area contributed by atoms with Crippen LogP contribution in [0.3, 0.4) is 0 Å². The lowest BCUT2D eigenvalue weighted by Crippen LogP contribution is -2.27. The van der Waals surface area contributed by atoms with Crippen LogP contribution in [0, 0.1) is 35.4 Å². The lowest BCUT2D eigenvalue weighted by Gasteiger charge is -2.34. The van der Waals surface area contributed by atoms with E-state index < -0.39 is 0 Å². The van der Waals surface area contributed by atoms with E-state index in [1.54, 1.807) is 10.5 Å². The van der Waals surface area contributed by atoms with E-state index in [4.69, 9.17) is 9.72 Å². The zero-order valence-corrected chi connectivity index (χ0v) is 21.1. The fraction of sp³-hybridized carbons (Fsp3) is 0.393. The SMILES string of the molecule is Cc1nnc2nc(N3CCOCc4c(C#CC(C)(C)C(C)(C)C)cccc43)c3c(F)cccc3n12. The van der Waals surface area contributed by atoms with Gasteiger partial charge >= 0.3 is 0 Å². The van der Waals surface area contributed by atoms with Gasteiger partial charge in [-0.15, -0.1) is 10.2 Å². The number of halogens is 1. The van der Waals surface area contributed by atoms with Gasteiger partial charge in [-0.1, -0.05) is 44.7 Å². The molecule has 0 saturated carbocycles. The Bertz CT molecular complexity index is 1500. The maximum Gasteiger partial charge on any atom is 0.257 e. The molecule has 0 fully saturated rings. The van der Waals surface area contributed by atoms with E-state index in [0.29, 0.717) is 48.1 Å². The van der Waals surface area contributed by atoms with Crippen molar-refractivity contribution in [2.45, 2.75) is 48.1 Å². The van der Waals surface area contributed by atoms with Gasteiger partial charge in [-0.25, -0.2) is 4.39 Å². The maximum absolute atomic E-state index is 15.3.